The second kappa shape index (κ2) is 5.92. The van der Waals surface area contributed by atoms with Crippen molar-refractivity contribution in [3.8, 4) is 17.1 Å². The second-order valence-electron chi connectivity index (χ2n) is 5.22. The summed E-state index contributed by atoms with van der Waals surface area (Å²) in [4.78, 5) is 11.1. The van der Waals surface area contributed by atoms with Crippen LogP contribution in [0, 0.1) is 0 Å². The number of para-hydroxylation sites is 1. The molecule has 2 aromatic carbocycles. The SMILES string of the molecule is O=c1c(O)c(-c2cccc(S(=O)(=O)O)c2)oc2c(S(=O)(=O)O)cccc12. The van der Waals surface area contributed by atoms with Crippen molar-refractivity contribution in [3.63, 3.8) is 0 Å². The topological polar surface area (TPSA) is 159 Å². The Kier molecular flexibility index (Phi) is 4.11. The average Bonchev–Trinajstić information content (AvgIpc) is 2.56. The van der Waals surface area contributed by atoms with Gasteiger partial charge in [-0.05, 0) is 24.3 Å². The molecule has 0 fully saturated rings. The van der Waals surface area contributed by atoms with Crippen LogP contribution in [0.2, 0.25) is 0 Å². The summed E-state index contributed by atoms with van der Waals surface area (Å²) >= 11 is 0. The van der Waals surface area contributed by atoms with Gasteiger partial charge in [-0.3, -0.25) is 13.9 Å². The standard InChI is InChI=1S/C15H10O9S2/c16-12-10-5-2-6-11(26(21,22)23)15(10)24-14(13(12)17)8-3-1-4-9(7-8)25(18,19)20/h1-7,17H,(H,18,19,20)(H,21,22,23). The van der Waals surface area contributed by atoms with Gasteiger partial charge in [-0.25, -0.2) is 0 Å². The lowest BCUT2D eigenvalue weighted by molar-refractivity contribution is 0.446. The Labute approximate surface area is 146 Å². The monoisotopic (exact) mass is 398 g/mol. The molecular weight excluding hydrogens is 388 g/mol. The van der Waals surface area contributed by atoms with Crippen LogP contribution in [0.1, 0.15) is 0 Å². The summed E-state index contributed by atoms with van der Waals surface area (Å²) in [5, 5.41) is 9.81. The maximum atomic E-state index is 12.3. The van der Waals surface area contributed by atoms with Crippen molar-refractivity contribution in [1.82, 2.24) is 0 Å². The molecule has 0 spiro atoms. The van der Waals surface area contributed by atoms with Gasteiger partial charge >= 0.3 is 0 Å². The molecule has 0 aliphatic heterocycles. The molecule has 1 aromatic heterocycles. The predicted molar refractivity (Wildman–Crippen MR) is 89.2 cm³/mol. The van der Waals surface area contributed by atoms with Gasteiger partial charge in [0.1, 0.15) is 4.90 Å². The smallest absolute Gasteiger partial charge is 0.298 e. The summed E-state index contributed by atoms with van der Waals surface area (Å²) in [5.74, 6) is -1.42. The Balaban J connectivity index is 2.42. The van der Waals surface area contributed by atoms with E-state index in [9.17, 15) is 31.3 Å². The molecule has 3 N–H and O–H groups in total. The number of fused-ring (bicyclic) bond motifs is 1. The van der Waals surface area contributed by atoms with Gasteiger partial charge in [0.05, 0.1) is 10.3 Å². The van der Waals surface area contributed by atoms with Gasteiger partial charge in [-0.2, -0.15) is 16.8 Å². The minimum Gasteiger partial charge on any atom is -0.502 e. The van der Waals surface area contributed by atoms with E-state index in [2.05, 4.69) is 0 Å². The van der Waals surface area contributed by atoms with Crippen molar-refractivity contribution in [2.24, 2.45) is 0 Å². The number of aromatic hydroxyl groups is 1. The van der Waals surface area contributed by atoms with Crippen molar-refractivity contribution in [2.45, 2.75) is 9.79 Å². The molecule has 11 heteroatoms. The molecule has 0 atom stereocenters. The van der Waals surface area contributed by atoms with Gasteiger partial charge in [0.2, 0.25) is 11.2 Å². The minimum atomic E-state index is -4.74. The Morgan fingerprint density at radius 3 is 2.15 bits per heavy atom. The molecule has 0 aliphatic rings. The minimum absolute atomic E-state index is 0.109. The van der Waals surface area contributed by atoms with E-state index in [1.54, 1.807) is 0 Å². The first-order valence-corrected chi connectivity index (χ1v) is 9.72. The maximum Gasteiger partial charge on any atom is 0.298 e. The van der Waals surface area contributed by atoms with Gasteiger partial charge in [0, 0.05) is 5.56 Å². The van der Waals surface area contributed by atoms with Crippen molar-refractivity contribution >= 4 is 31.2 Å². The van der Waals surface area contributed by atoms with Gasteiger partial charge in [-0.1, -0.05) is 18.2 Å². The van der Waals surface area contributed by atoms with Crippen molar-refractivity contribution in [1.29, 1.82) is 0 Å². The van der Waals surface area contributed by atoms with Crippen LogP contribution in [-0.4, -0.2) is 31.0 Å². The van der Waals surface area contributed by atoms with Crippen LogP contribution >= 0.6 is 0 Å². The fourth-order valence-corrected chi connectivity index (χ4v) is 3.54. The summed E-state index contributed by atoms with van der Waals surface area (Å²) in [5.41, 5.74) is -1.60. The summed E-state index contributed by atoms with van der Waals surface area (Å²) in [7, 11) is -9.31. The summed E-state index contributed by atoms with van der Waals surface area (Å²) in [6.45, 7) is 0. The summed E-state index contributed by atoms with van der Waals surface area (Å²) in [6, 6.07) is 7.85. The molecule has 0 radical (unpaired) electrons. The molecule has 26 heavy (non-hydrogen) atoms. The van der Waals surface area contributed by atoms with Gasteiger partial charge in [-0.15, -0.1) is 0 Å². The summed E-state index contributed by atoms with van der Waals surface area (Å²) in [6.07, 6.45) is 0. The Morgan fingerprint density at radius 2 is 1.54 bits per heavy atom. The molecular formula is C15H10O9S2. The summed E-state index contributed by atoms with van der Waals surface area (Å²) < 4.78 is 69.2. The van der Waals surface area contributed by atoms with E-state index in [1.807, 2.05) is 0 Å². The van der Waals surface area contributed by atoms with Gasteiger partial charge < -0.3 is 9.52 Å². The lowest BCUT2D eigenvalue weighted by Crippen LogP contribution is -2.06. The molecule has 0 saturated heterocycles. The van der Waals surface area contributed by atoms with Crippen LogP contribution in [0.4, 0.5) is 0 Å². The Bertz CT molecular complexity index is 1300. The zero-order chi connectivity index (χ0) is 19.3. The van der Waals surface area contributed by atoms with E-state index in [0.29, 0.717) is 0 Å². The van der Waals surface area contributed by atoms with E-state index in [-0.39, 0.29) is 10.9 Å². The van der Waals surface area contributed by atoms with E-state index >= 15 is 0 Å². The zero-order valence-corrected chi connectivity index (χ0v) is 14.3. The third kappa shape index (κ3) is 3.08. The van der Waals surface area contributed by atoms with Gasteiger partial charge in [0.25, 0.3) is 20.2 Å². The van der Waals surface area contributed by atoms with Crippen LogP contribution in [0.5, 0.6) is 5.75 Å². The van der Waals surface area contributed by atoms with E-state index in [1.165, 1.54) is 24.3 Å². The molecule has 0 amide bonds. The van der Waals surface area contributed by atoms with Crippen molar-refractivity contribution < 1.29 is 35.5 Å². The van der Waals surface area contributed by atoms with E-state index in [4.69, 9.17) is 8.97 Å². The highest BCUT2D eigenvalue weighted by Crippen LogP contribution is 2.33. The van der Waals surface area contributed by atoms with Crippen LogP contribution in [-0.2, 0) is 20.2 Å². The van der Waals surface area contributed by atoms with Crippen LogP contribution < -0.4 is 5.43 Å². The number of hydrogen-bond acceptors (Lipinski definition) is 7. The third-order valence-corrected chi connectivity index (χ3v) is 5.26. The lowest BCUT2D eigenvalue weighted by atomic mass is 10.1. The molecule has 3 aromatic rings. The number of benzene rings is 2. The molecule has 0 saturated carbocycles. The zero-order valence-electron chi connectivity index (χ0n) is 12.6. The first-order chi connectivity index (χ1) is 12.0. The predicted octanol–water partition coefficient (Wildman–Crippen LogP) is 1.66. The third-order valence-electron chi connectivity index (χ3n) is 3.53. The van der Waals surface area contributed by atoms with Crippen molar-refractivity contribution in [3.05, 3.63) is 52.7 Å². The van der Waals surface area contributed by atoms with Crippen molar-refractivity contribution in [2.75, 3.05) is 0 Å². The molecule has 3 rings (SSSR count). The molecule has 1 heterocycles. The molecule has 0 aliphatic carbocycles. The Morgan fingerprint density at radius 1 is 0.885 bits per heavy atom. The number of hydrogen-bond donors (Lipinski definition) is 3. The Hall–Kier alpha value is -2.73. The first-order valence-electron chi connectivity index (χ1n) is 6.84. The largest absolute Gasteiger partial charge is 0.502 e. The number of rotatable bonds is 3. The van der Waals surface area contributed by atoms with Gasteiger partial charge in [0.15, 0.2) is 11.3 Å². The average molecular weight is 398 g/mol. The molecule has 0 bridgehead atoms. The van der Waals surface area contributed by atoms with E-state index < -0.39 is 52.5 Å². The van der Waals surface area contributed by atoms with Crippen LogP contribution in [0.3, 0.4) is 0 Å². The highest BCUT2D eigenvalue weighted by Gasteiger charge is 2.22. The first kappa shape index (κ1) is 18.1. The highest BCUT2D eigenvalue weighted by molar-refractivity contribution is 7.86. The molecule has 136 valence electrons. The maximum absolute atomic E-state index is 12.3. The van der Waals surface area contributed by atoms with E-state index in [0.717, 1.165) is 18.2 Å². The fraction of sp³-hybridized carbons (Fsp3) is 0. The second-order valence-corrected chi connectivity index (χ2v) is 8.03. The fourth-order valence-electron chi connectivity index (χ4n) is 2.38. The highest BCUT2D eigenvalue weighted by atomic mass is 32.2. The van der Waals surface area contributed by atoms with Crippen LogP contribution in [0.25, 0.3) is 22.3 Å². The molecule has 0 unspecified atom stereocenters. The lowest BCUT2D eigenvalue weighted by Gasteiger charge is -2.09. The normalized spacial score (nSPS) is 12.4. The van der Waals surface area contributed by atoms with Crippen LogP contribution in [0.15, 0.2) is 61.5 Å². The molecule has 9 nitrogen and oxygen atoms in total. The quantitative estimate of drug-likeness (QED) is 0.557.